The van der Waals surface area contributed by atoms with Crippen LogP contribution >= 0.6 is 0 Å². The number of aromatic hydroxyl groups is 1. The molecule has 0 aromatic heterocycles. The third kappa shape index (κ3) is 5.84. The smallest absolute Gasteiger partial charge is 0.310 e. The minimum Gasteiger partial charge on any atom is -0.508 e. The van der Waals surface area contributed by atoms with Gasteiger partial charge >= 0.3 is 5.97 Å². The fourth-order valence-corrected chi connectivity index (χ4v) is 3.40. The van der Waals surface area contributed by atoms with Crippen molar-refractivity contribution in [3.8, 4) is 5.75 Å². The van der Waals surface area contributed by atoms with Crippen molar-refractivity contribution in [2.45, 2.75) is 25.7 Å². The molecule has 1 aliphatic rings. The lowest BCUT2D eigenvalue weighted by Gasteiger charge is -2.32. The molecule has 5 heteroatoms. The van der Waals surface area contributed by atoms with Gasteiger partial charge in [0, 0.05) is 13.1 Å². The summed E-state index contributed by atoms with van der Waals surface area (Å²) in [6.07, 6.45) is 3.08. The van der Waals surface area contributed by atoms with Gasteiger partial charge in [0.15, 0.2) is 6.61 Å². The number of rotatable bonds is 6. The number of amides is 1. The molecule has 3 rings (SSSR count). The summed E-state index contributed by atoms with van der Waals surface area (Å²) < 4.78 is 5.12. The summed E-state index contributed by atoms with van der Waals surface area (Å²) in [5, 5.41) is 9.25. The molecule has 2 aromatic carbocycles. The zero-order valence-corrected chi connectivity index (χ0v) is 15.3. The van der Waals surface area contributed by atoms with Gasteiger partial charge in [0.1, 0.15) is 5.75 Å². The molecule has 0 spiro atoms. The Bertz CT molecular complexity index is 750. The van der Waals surface area contributed by atoms with Gasteiger partial charge in [0.2, 0.25) is 0 Å². The summed E-state index contributed by atoms with van der Waals surface area (Å²) in [7, 11) is 0. The van der Waals surface area contributed by atoms with Crippen molar-refractivity contribution in [1.29, 1.82) is 0 Å². The molecule has 0 aliphatic carbocycles. The highest BCUT2D eigenvalue weighted by atomic mass is 16.5. The number of carbonyl (C=O) groups is 2. The molecule has 1 saturated heterocycles. The summed E-state index contributed by atoms with van der Waals surface area (Å²) in [6, 6.07) is 16.8. The van der Waals surface area contributed by atoms with E-state index in [4.69, 9.17) is 4.74 Å². The van der Waals surface area contributed by atoms with E-state index in [-0.39, 0.29) is 24.7 Å². The molecular formula is C22H25NO4. The molecule has 1 heterocycles. The Kier molecular flexibility index (Phi) is 6.47. The maximum absolute atomic E-state index is 12.3. The lowest BCUT2D eigenvalue weighted by Crippen LogP contribution is -2.41. The molecule has 1 amide bonds. The van der Waals surface area contributed by atoms with E-state index in [1.165, 1.54) is 17.7 Å². The van der Waals surface area contributed by atoms with Gasteiger partial charge in [-0.2, -0.15) is 0 Å². The number of piperidine rings is 1. The highest BCUT2D eigenvalue weighted by Gasteiger charge is 2.23. The molecule has 0 unspecified atom stereocenters. The Balaban J connectivity index is 1.37. The largest absolute Gasteiger partial charge is 0.508 e. The van der Waals surface area contributed by atoms with Crippen molar-refractivity contribution in [2.75, 3.05) is 19.7 Å². The van der Waals surface area contributed by atoms with Crippen LogP contribution in [0.15, 0.2) is 54.6 Å². The van der Waals surface area contributed by atoms with E-state index < -0.39 is 5.97 Å². The van der Waals surface area contributed by atoms with Gasteiger partial charge < -0.3 is 14.7 Å². The quantitative estimate of drug-likeness (QED) is 0.797. The van der Waals surface area contributed by atoms with Crippen molar-refractivity contribution in [3.05, 3.63) is 65.7 Å². The predicted octanol–water partition coefficient (Wildman–Crippen LogP) is 2.96. The van der Waals surface area contributed by atoms with Crippen LogP contribution < -0.4 is 0 Å². The third-order valence-corrected chi connectivity index (χ3v) is 4.98. The maximum atomic E-state index is 12.3. The third-order valence-electron chi connectivity index (χ3n) is 4.98. The topological polar surface area (TPSA) is 66.8 Å². The molecule has 1 N–H and O–H groups in total. The van der Waals surface area contributed by atoms with E-state index in [0.717, 1.165) is 24.8 Å². The number of nitrogens with zero attached hydrogens (tertiary/aromatic N) is 1. The van der Waals surface area contributed by atoms with Gasteiger partial charge in [-0.05, 0) is 48.4 Å². The Morgan fingerprint density at radius 2 is 1.63 bits per heavy atom. The van der Waals surface area contributed by atoms with Gasteiger partial charge in [0.05, 0.1) is 6.42 Å². The van der Waals surface area contributed by atoms with E-state index in [2.05, 4.69) is 24.3 Å². The average Bonchev–Trinajstić information content (AvgIpc) is 2.69. The normalized spacial score (nSPS) is 14.7. The van der Waals surface area contributed by atoms with Gasteiger partial charge in [0.25, 0.3) is 5.91 Å². The molecule has 0 radical (unpaired) electrons. The van der Waals surface area contributed by atoms with Crippen molar-refractivity contribution >= 4 is 11.9 Å². The van der Waals surface area contributed by atoms with E-state index in [0.29, 0.717) is 19.0 Å². The minimum atomic E-state index is -0.437. The molecule has 5 nitrogen and oxygen atoms in total. The maximum Gasteiger partial charge on any atom is 0.310 e. The summed E-state index contributed by atoms with van der Waals surface area (Å²) in [5.74, 6) is 0.173. The summed E-state index contributed by atoms with van der Waals surface area (Å²) in [5.41, 5.74) is 2.08. The van der Waals surface area contributed by atoms with Crippen molar-refractivity contribution in [1.82, 2.24) is 4.90 Å². The molecule has 1 fully saturated rings. The average molecular weight is 367 g/mol. The first-order chi connectivity index (χ1) is 13.1. The summed E-state index contributed by atoms with van der Waals surface area (Å²) >= 11 is 0. The zero-order chi connectivity index (χ0) is 19.1. The number of benzene rings is 2. The molecule has 142 valence electrons. The van der Waals surface area contributed by atoms with Crippen LogP contribution in [-0.4, -0.2) is 41.6 Å². The second-order valence-electron chi connectivity index (χ2n) is 7.02. The van der Waals surface area contributed by atoms with E-state index in [9.17, 15) is 14.7 Å². The molecule has 1 aliphatic heterocycles. The number of hydrogen-bond acceptors (Lipinski definition) is 4. The Morgan fingerprint density at radius 3 is 2.30 bits per heavy atom. The number of carbonyl (C=O) groups excluding carboxylic acids is 2. The van der Waals surface area contributed by atoms with Crippen LogP contribution in [-0.2, 0) is 27.2 Å². The Labute approximate surface area is 159 Å². The van der Waals surface area contributed by atoms with Gasteiger partial charge in [-0.25, -0.2) is 0 Å². The van der Waals surface area contributed by atoms with Crippen LogP contribution in [0.3, 0.4) is 0 Å². The number of hydrogen-bond donors (Lipinski definition) is 1. The Hall–Kier alpha value is -2.82. The van der Waals surface area contributed by atoms with Crippen molar-refractivity contribution < 1.29 is 19.4 Å². The van der Waals surface area contributed by atoms with Crippen LogP contribution in [0.4, 0.5) is 0 Å². The van der Waals surface area contributed by atoms with E-state index >= 15 is 0 Å². The second-order valence-corrected chi connectivity index (χ2v) is 7.02. The number of phenolic OH excluding ortho intramolecular Hbond substituents is 1. The number of ether oxygens (including phenoxy) is 1. The molecule has 0 atom stereocenters. The minimum absolute atomic E-state index is 0.0900. The molecule has 2 aromatic rings. The molecule has 0 bridgehead atoms. The first-order valence-corrected chi connectivity index (χ1v) is 9.35. The number of likely N-dealkylation sites (tertiary alicyclic amines) is 1. The molecule has 27 heavy (non-hydrogen) atoms. The van der Waals surface area contributed by atoms with Crippen molar-refractivity contribution in [2.24, 2.45) is 5.92 Å². The van der Waals surface area contributed by atoms with Gasteiger partial charge in [-0.1, -0.05) is 42.5 Å². The Morgan fingerprint density at radius 1 is 0.963 bits per heavy atom. The number of phenols is 1. The second kappa shape index (κ2) is 9.21. The standard InChI is InChI=1S/C22H25NO4/c24-20-8-6-18(7-9-20)15-22(26)27-16-21(25)23-12-10-19(11-13-23)14-17-4-2-1-3-5-17/h1-9,19,24H,10-16H2. The highest BCUT2D eigenvalue weighted by Crippen LogP contribution is 2.21. The highest BCUT2D eigenvalue weighted by molar-refractivity contribution is 5.81. The van der Waals surface area contributed by atoms with Crippen molar-refractivity contribution in [3.63, 3.8) is 0 Å². The fourth-order valence-electron chi connectivity index (χ4n) is 3.40. The van der Waals surface area contributed by atoms with Crippen LogP contribution in [0.1, 0.15) is 24.0 Å². The first kappa shape index (κ1) is 19.0. The monoisotopic (exact) mass is 367 g/mol. The lowest BCUT2D eigenvalue weighted by molar-refractivity contribution is -0.152. The summed E-state index contributed by atoms with van der Waals surface area (Å²) in [4.78, 5) is 26.0. The van der Waals surface area contributed by atoms with Crippen LogP contribution in [0.2, 0.25) is 0 Å². The van der Waals surface area contributed by atoms with E-state index in [1.54, 1.807) is 17.0 Å². The zero-order valence-electron chi connectivity index (χ0n) is 15.3. The van der Waals surface area contributed by atoms with Crippen LogP contribution in [0.25, 0.3) is 0 Å². The van der Waals surface area contributed by atoms with Crippen LogP contribution in [0, 0.1) is 5.92 Å². The predicted molar refractivity (Wildman–Crippen MR) is 102 cm³/mol. The molecular weight excluding hydrogens is 342 g/mol. The van der Waals surface area contributed by atoms with Gasteiger partial charge in [-0.3, -0.25) is 9.59 Å². The SMILES string of the molecule is O=C(Cc1ccc(O)cc1)OCC(=O)N1CCC(Cc2ccccc2)CC1. The molecule has 0 saturated carbocycles. The van der Waals surface area contributed by atoms with Gasteiger partial charge in [-0.15, -0.1) is 0 Å². The van der Waals surface area contributed by atoms with E-state index in [1.807, 2.05) is 6.07 Å². The summed E-state index contributed by atoms with van der Waals surface area (Å²) in [6.45, 7) is 1.22. The van der Waals surface area contributed by atoms with Crippen LogP contribution in [0.5, 0.6) is 5.75 Å². The number of esters is 1. The first-order valence-electron chi connectivity index (χ1n) is 9.35. The fraction of sp³-hybridized carbons (Fsp3) is 0.364. The lowest BCUT2D eigenvalue weighted by atomic mass is 9.90.